The molecule has 2 saturated heterocycles. The zero-order chi connectivity index (χ0) is 34.8. The maximum Gasteiger partial charge on any atom is 0.313 e. The van der Waals surface area contributed by atoms with Gasteiger partial charge in [-0.3, -0.25) is 19.2 Å². The number of esters is 1. The zero-order valence-electron chi connectivity index (χ0n) is 28.1. The molecule has 4 heterocycles. The van der Waals surface area contributed by atoms with Crippen LogP contribution in [-0.4, -0.2) is 77.2 Å². The molecule has 0 aliphatic carbocycles. The Morgan fingerprint density at radius 3 is 2.48 bits per heavy atom. The van der Waals surface area contributed by atoms with Gasteiger partial charge in [0.05, 0.1) is 18.1 Å². The second-order valence-corrected chi connectivity index (χ2v) is 13.6. The summed E-state index contributed by atoms with van der Waals surface area (Å²) in [5.74, 6) is -3.47. The zero-order valence-corrected chi connectivity index (χ0v) is 28.1. The Labute approximate surface area is 291 Å². The topological polar surface area (TPSA) is 125 Å². The van der Waals surface area contributed by atoms with Crippen molar-refractivity contribution in [2.75, 3.05) is 24.6 Å². The number of carbonyl (C=O) groups excluding carboxylic acids is 4. The fraction of sp³-hybridized carbons (Fsp3) is 0.400. The molecular weight excluding hydrogens is 634 g/mol. The van der Waals surface area contributed by atoms with E-state index in [1.807, 2.05) is 84.9 Å². The molecule has 0 saturated carbocycles. The maximum absolute atomic E-state index is 14.9. The van der Waals surface area contributed by atoms with Gasteiger partial charge in [-0.25, -0.2) is 0 Å². The van der Waals surface area contributed by atoms with Gasteiger partial charge in [0.2, 0.25) is 11.8 Å². The number of unbranched alkanes of at least 4 members (excludes halogenated alkanes) is 2. The van der Waals surface area contributed by atoms with Gasteiger partial charge in [0.1, 0.15) is 23.7 Å². The highest BCUT2D eigenvalue weighted by atomic mass is 16.6. The molecule has 50 heavy (non-hydrogen) atoms. The van der Waals surface area contributed by atoms with E-state index in [1.54, 1.807) is 28.9 Å². The van der Waals surface area contributed by atoms with Crippen molar-refractivity contribution in [1.29, 1.82) is 0 Å². The number of benzene rings is 3. The summed E-state index contributed by atoms with van der Waals surface area (Å²) in [4.78, 5) is 60.2. The largest absolute Gasteiger partial charge is 0.455 e. The van der Waals surface area contributed by atoms with Crippen molar-refractivity contribution in [3.63, 3.8) is 0 Å². The number of nitrogens with zero attached hydrogens (tertiary/aromatic N) is 2. The molecule has 10 heteroatoms. The molecule has 7 atom stereocenters. The highest BCUT2D eigenvalue weighted by Gasteiger charge is 2.71. The molecule has 3 aromatic rings. The van der Waals surface area contributed by atoms with Crippen molar-refractivity contribution >= 4 is 40.2 Å². The highest BCUT2D eigenvalue weighted by molar-refractivity contribution is 6.06. The minimum atomic E-state index is -1.43. The van der Waals surface area contributed by atoms with E-state index in [4.69, 9.17) is 9.47 Å². The van der Waals surface area contributed by atoms with Crippen molar-refractivity contribution in [3.05, 3.63) is 103 Å². The standard InChI is InChI=1S/C40H43N3O7/c1-26-35(28-14-4-2-5-15-28)49-39(48)33-31(17-8-9-18-32(45)41-26)50-40-21-12-23-42(30-20-19-27-13-6-7-16-29(27)25-30)38(47)36(40)43(37(46)34(33)40)22-10-3-11-24-44/h2,4-8,12-17,19-21,25-26,31,33-36,44H,3,9-11,18,22-24H2,1H3,(H,41,45)/b17-8-/t26-,31-,33+,34+,35+,36-,40+/m1/s1. The smallest absolute Gasteiger partial charge is 0.313 e. The van der Waals surface area contributed by atoms with E-state index in [1.165, 1.54) is 0 Å². The lowest BCUT2D eigenvalue weighted by molar-refractivity contribution is -0.161. The Morgan fingerprint density at radius 1 is 0.900 bits per heavy atom. The molecule has 3 amide bonds. The number of cyclic esters (lactones) is 1. The van der Waals surface area contributed by atoms with Crippen LogP contribution < -0.4 is 10.2 Å². The Morgan fingerprint density at radius 2 is 1.68 bits per heavy atom. The molecule has 4 aliphatic rings. The summed E-state index contributed by atoms with van der Waals surface area (Å²) >= 11 is 0. The van der Waals surface area contributed by atoms with E-state index in [0.717, 1.165) is 10.8 Å². The van der Waals surface area contributed by atoms with Gasteiger partial charge in [-0.1, -0.05) is 85.0 Å². The van der Waals surface area contributed by atoms with Crippen LogP contribution in [0, 0.1) is 11.8 Å². The first-order valence-electron chi connectivity index (χ1n) is 17.6. The minimum Gasteiger partial charge on any atom is -0.455 e. The number of aliphatic hydroxyl groups is 1. The third kappa shape index (κ3) is 6.11. The number of hydrogen-bond acceptors (Lipinski definition) is 7. The number of rotatable bonds is 7. The number of anilines is 1. The molecule has 10 nitrogen and oxygen atoms in total. The molecule has 1 spiro atoms. The number of fused-ring (bicyclic) bond motifs is 3. The van der Waals surface area contributed by atoms with Crippen LogP contribution in [-0.2, 0) is 28.7 Å². The van der Waals surface area contributed by atoms with E-state index in [9.17, 15) is 24.3 Å². The number of amides is 3. The van der Waals surface area contributed by atoms with Crippen molar-refractivity contribution in [2.24, 2.45) is 11.8 Å². The second-order valence-electron chi connectivity index (χ2n) is 13.6. The normalized spacial score (nSPS) is 30.4. The van der Waals surface area contributed by atoms with E-state index >= 15 is 0 Å². The minimum absolute atomic E-state index is 0.0356. The van der Waals surface area contributed by atoms with Crippen LogP contribution in [0.3, 0.4) is 0 Å². The predicted octanol–water partition coefficient (Wildman–Crippen LogP) is 4.63. The number of hydrogen-bond donors (Lipinski definition) is 2. The number of likely N-dealkylation sites (tertiary alicyclic amines) is 1. The van der Waals surface area contributed by atoms with Gasteiger partial charge in [0, 0.05) is 31.8 Å². The SMILES string of the molecule is C[C@H]1NC(=O)CC/C=C\[C@H]2O[C@]34C=CCN(c5ccc6ccccc6c5)C(=O)[C@H]3N(CCCCCO)C(=O)[C@@H]4[C@H]2C(=O)O[C@@H]1c1ccccc1. The molecule has 0 aromatic heterocycles. The summed E-state index contributed by atoms with van der Waals surface area (Å²) in [6.07, 6.45) is 8.01. The highest BCUT2D eigenvalue weighted by Crippen LogP contribution is 2.53. The van der Waals surface area contributed by atoms with E-state index in [0.29, 0.717) is 36.9 Å². The third-order valence-corrected chi connectivity index (χ3v) is 10.4. The lowest BCUT2D eigenvalue weighted by atomic mass is 9.77. The van der Waals surface area contributed by atoms with Gasteiger partial charge in [-0.15, -0.1) is 0 Å². The molecule has 2 N–H and O–H groups in total. The van der Waals surface area contributed by atoms with Crippen molar-refractivity contribution in [3.8, 4) is 0 Å². The molecule has 260 valence electrons. The van der Waals surface area contributed by atoms with E-state index in [-0.39, 0.29) is 43.8 Å². The van der Waals surface area contributed by atoms with Crippen LogP contribution in [0.15, 0.2) is 97.1 Å². The number of carbonyl (C=O) groups is 4. The fourth-order valence-corrected chi connectivity index (χ4v) is 8.09. The summed E-state index contributed by atoms with van der Waals surface area (Å²) in [6, 6.07) is 21.5. The molecule has 3 aromatic carbocycles. The first-order valence-corrected chi connectivity index (χ1v) is 17.6. The number of allylic oxidation sites excluding steroid dienone is 1. The van der Waals surface area contributed by atoms with Gasteiger partial charge in [0.15, 0.2) is 0 Å². The molecule has 7 rings (SSSR count). The van der Waals surface area contributed by atoms with Gasteiger partial charge in [-0.2, -0.15) is 0 Å². The van der Waals surface area contributed by atoms with Crippen LogP contribution in [0.2, 0.25) is 0 Å². The van der Waals surface area contributed by atoms with Crippen LogP contribution in [0.5, 0.6) is 0 Å². The van der Waals surface area contributed by atoms with Gasteiger partial charge < -0.3 is 29.7 Å². The summed E-state index contributed by atoms with van der Waals surface area (Å²) in [7, 11) is 0. The van der Waals surface area contributed by atoms with Gasteiger partial charge in [-0.05, 0) is 61.1 Å². The van der Waals surface area contributed by atoms with Crippen LogP contribution in [0.25, 0.3) is 10.8 Å². The first-order chi connectivity index (χ1) is 24.3. The third-order valence-electron chi connectivity index (χ3n) is 10.4. The van der Waals surface area contributed by atoms with E-state index in [2.05, 4.69) is 5.32 Å². The molecular formula is C40H43N3O7. The Bertz CT molecular complexity index is 1830. The average Bonchev–Trinajstić information content (AvgIpc) is 3.50. The van der Waals surface area contributed by atoms with Crippen LogP contribution in [0.4, 0.5) is 5.69 Å². The average molecular weight is 678 g/mol. The molecule has 0 radical (unpaired) electrons. The van der Waals surface area contributed by atoms with Crippen LogP contribution in [0.1, 0.15) is 50.7 Å². The second kappa shape index (κ2) is 14.2. The summed E-state index contributed by atoms with van der Waals surface area (Å²) in [5.41, 5.74) is -0.0207. The first kappa shape index (κ1) is 33.7. The van der Waals surface area contributed by atoms with Gasteiger partial charge in [0.25, 0.3) is 5.91 Å². The lowest BCUT2D eigenvalue weighted by Crippen LogP contribution is -2.55. The van der Waals surface area contributed by atoms with Crippen molar-refractivity contribution in [1.82, 2.24) is 10.2 Å². The number of nitrogens with one attached hydrogen (secondary N) is 1. The Balaban J connectivity index is 1.29. The Kier molecular flexibility index (Phi) is 9.57. The molecule has 4 aliphatic heterocycles. The predicted molar refractivity (Wildman–Crippen MR) is 188 cm³/mol. The summed E-state index contributed by atoms with van der Waals surface area (Å²) < 4.78 is 13.1. The Hall–Kier alpha value is -4.80. The number of aliphatic hydroxyl groups excluding tert-OH is 1. The van der Waals surface area contributed by atoms with Gasteiger partial charge >= 0.3 is 5.97 Å². The summed E-state index contributed by atoms with van der Waals surface area (Å²) in [5, 5.41) is 14.4. The molecule has 0 bridgehead atoms. The quantitative estimate of drug-likeness (QED) is 0.212. The monoisotopic (exact) mass is 677 g/mol. The van der Waals surface area contributed by atoms with Crippen molar-refractivity contribution < 1.29 is 33.8 Å². The maximum atomic E-state index is 14.9. The van der Waals surface area contributed by atoms with E-state index < -0.39 is 47.7 Å². The van der Waals surface area contributed by atoms with Crippen molar-refractivity contribution in [2.45, 2.75) is 68.9 Å². The molecule has 2 fully saturated rings. The lowest BCUT2D eigenvalue weighted by Gasteiger charge is -2.35. The fourth-order valence-electron chi connectivity index (χ4n) is 8.09. The summed E-state index contributed by atoms with van der Waals surface area (Å²) in [6.45, 7) is 2.37. The molecule has 0 unspecified atom stereocenters. The number of ether oxygens (including phenoxy) is 2. The van der Waals surface area contributed by atoms with Crippen LogP contribution >= 0.6 is 0 Å².